The van der Waals surface area contributed by atoms with Crippen LogP contribution in [0.25, 0.3) is 0 Å². The Morgan fingerprint density at radius 3 is 2.52 bits per heavy atom. The first-order chi connectivity index (χ1) is 12.9. The van der Waals surface area contributed by atoms with Gasteiger partial charge >= 0.3 is 6.03 Å². The molecule has 1 saturated carbocycles. The van der Waals surface area contributed by atoms with Gasteiger partial charge in [0.1, 0.15) is 6.04 Å². The van der Waals surface area contributed by atoms with Crippen LogP contribution >= 0.6 is 0 Å². The predicted molar refractivity (Wildman–Crippen MR) is 105 cm³/mol. The van der Waals surface area contributed by atoms with Crippen LogP contribution in [0.1, 0.15) is 37.7 Å². The summed E-state index contributed by atoms with van der Waals surface area (Å²) in [5.41, 5.74) is 8.02. The highest BCUT2D eigenvalue weighted by Crippen LogP contribution is 2.47. The van der Waals surface area contributed by atoms with E-state index in [0.29, 0.717) is 6.54 Å². The molecule has 2 saturated heterocycles. The highest BCUT2D eigenvalue weighted by Gasteiger charge is 2.51. The van der Waals surface area contributed by atoms with Crippen molar-refractivity contribution in [1.82, 2.24) is 9.80 Å². The molecule has 3 aliphatic rings. The zero-order chi connectivity index (χ0) is 19.2. The molecule has 2 atom stereocenters. The average molecular weight is 369 g/mol. The number of benzene rings is 1. The molecule has 1 aliphatic carbocycles. The Balaban J connectivity index is 1.58. The van der Waals surface area contributed by atoms with E-state index in [4.69, 9.17) is 5.73 Å². The lowest BCUT2D eigenvalue weighted by Crippen LogP contribution is -2.47. The molecule has 2 N–H and O–H groups in total. The maximum atomic E-state index is 12.8. The van der Waals surface area contributed by atoms with Crippen LogP contribution in [0, 0.1) is 6.42 Å². The van der Waals surface area contributed by atoms with Crippen molar-refractivity contribution in [2.45, 2.75) is 49.6 Å². The number of urea groups is 1. The highest BCUT2D eigenvalue weighted by molar-refractivity contribution is 6.04. The van der Waals surface area contributed by atoms with Gasteiger partial charge in [0, 0.05) is 12.2 Å². The summed E-state index contributed by atoms with van der Waals surface area (Å²) in [5, 5.41) is 0. The Hall–Kier alpha value is -2.08. The van der Waals surface area contributed by atoms with Gasteiger partial charge in [-0.15, -0.1) is 0 Å². The molecule has 6 nitrogen and oxygen atoms in total. The molecule has 0 aromatic heterocycles. The molecular formula is C21H29N4O2. The Morgan fingerprint density at radius 2 is 1.96 bits per heavy atom. The van der Waals surface area contributed by atoms with Crippen molar-refractivity contribution in [3.8, 4) is 0 Å². The van der Waals surface area contributed by atoms with Gasteiger partial charge in [0.15, 0.2) is 0 Å². The van der Waals surface area contributed by atoms with Crippen LogP contribution in [0.4, 0.5) is 10.5 Å². The quantitative estimate of drug-likeness (QED) is 0.835. The van der Waals surface area contributed by atoms with E-state index in [0.717, 1.165) is 25.1 Å². The fourth-order valence-corrected chi connectivity index (χ4v) is 4.86. The monoisotopic (exact) mass is 369 g/mol. The van der Waals surface area contributed by atoms with Gasteiger partial charge in [0.05, 0.1) is 6.04 Å². The number of anilines is 1. The zero-order valence-corrected chi connectivity index (χ0v) is 16.2. The minimum absolute atomic E-state index is 0.115. The molecule has 1 aromatic carbocycles. The SMILES string of the molecule is CN(C)CCC1(c2ccc(N3C(=O)N4CC[CH][C@@H]4C3C(N)=O)cc2)CCC1. The van der Waals surface area contributed by atoms with E-state index in [9.17, 15) is 9.59 Å². The Kier molecular flexibility index (Phi) is 4.62. The average Bonchev–Trinajstić information content (AvgIpc) is 3.16. The predicted octanol–water partition coefficient (Wildman–Crippen LogP) is 2.13. The molecule has 1 radical (unpaired) electrons. The van der Waals surface area contributed by atoms with Crippen LogP contribution in [-0.4, -0.2) is 61.0 Å². The summed E-state index contributed by atoms with van der Waals surface area (Å²) in [6.45, 7) is 1.73. The summed E-state index contributed by atoms with van der Waals surface area (Å²) in [7, 11) is 4.23. The van der Waals surface area contributed by atoms with E-state index in [-0.39, 0.29) is 17.5 Å². The van der Waals surface area contributed by atoms with Crippen molar-refractivity contribution in [2.24, 2.45) is 5.73 Å². The van der Waals surface area contributed by atoms with E-state index in [1.807, 2.05) is 18.6 Å². The number of hydrogen-bond acceptors (Lipinski definition) is 3. The van der Waals surface area contributed by atoms with Crippen molar-refractivity contribution in [3.63, 3.8) is 0 Å². The summed E-state index contributed by atoms with van der Waals surface area (Å²) < 4.78 is 0. The van der Waals surface area contributed by atoms with E-state index in [2.05, 4.69) is 31.1 Å². The molecule has 0 spiro atoms. The lowest BCUT2D eigenvalue weighted by molar-refractivity contribution is -0.119. The maximum Gasteiger partial charge on any atom is 0.325 e. The van der Waals surface area contributed by atoms with Crippen LogP contribution in [0.15, 0.2) is 24.3 Å². The molecule has 1 aromatic rings. The van der Waals surface area contributed by atoms with Crippen LogP contribution in [-0.2, 0) is 10.2 Å². The second kappa shape index (κ2) is 6.82. The maximum absolute atomic E-state index is 12.8. The molecule has 2 aliphatic heterocycles. The lowest BCUT2D eigenvalue weighted by Gasteiger charge is -2.43. The molecule has 6 heteroatoms. The molecule has 27 heavy (non-hydrogen) atoms. The topological polar surface area (TPSA) is 69.9 Å². The van der Waals surface area contributed by atoms with Crippen molar-refractivity contribution in [3.05, 3.63) is 36.2 Å². The van der Waals surface area contributed by atoms with Gasteiger partial charge in [0.2, 0.25) is 5.91 Å². The molecule has 145 valence electrons. The van der Waals surface area contributed by atoms with E-state index < -0.39 is 11.9 Å². The van der Waals surface area contributed by atoms with Gasteiger partial charge < -0.3 is 15.5 Å². The van der Waals surface area contributed by atoms with Crippen molar-refractivity contribution >= 4 is 17.6 Å². The first kappa shape index (κ1) is 18.3. The van der Waals surface area contributed by atoms with E-state index >= 15 is 0 Å². The second-order valence-corrected chi connectivity index (χ2v) is 8.44. The van der Waals surface area contributed by atoms with E-state index in [1.54, 1.807) is 9.80 Å². The molecular weight excluding hydrogens is 340 g/mol. The molecule has 3 fully saturated rings. The third-order valence-electron chi connectivity index (χ3n) is 6.59. The summed E-state index contributed by atoms with van der Waals surface area (Å²) in [4.78, 5) is 30.5. The van der Waals surface area contributed by atoms with Crippen LogP contribution in [0.3, 0.4) is 0 Å². The highest BCUT2D eigenvalue weighted by atomic mass is 16.2. The van der Waals surface area contributed by atoms with Crippen molar-refractivity contribution in [1.29, 1.82) is 0 Å². The third-order valence-corrected chi connectivity index (χ3v) is 6.59. The zero-order valence-electron chi connectivity index (χ0n) is 16.2. The molecule has 3 amide bonds. The minimum Gasteiger partial charge on any atom is -0.368 e. The Morgan fingerprint density at radius 1 is 1.26 bits per heavy atom. The summed E-state index contributed by atoms with van der Waals surface area (Å²) in [5.74, 6) is -0.445. The standard InChI is InChI=1S/C21H29N4O2/c1-23(2)14-12-21(10-4-11-21)15-6-8-16(9-7-15)25-18(19(22)26)17-5-3-13-24(17)20(25)27/h5-9,17-18H,3-4,10-14H2,1-2H3,(H2,22,26)/t17-,18?/m1/s1. The number of nitrogens with two attached hydrogens (primary N) is 1. The number of carbonyl (C=O) groups is 2. The number of rotatable bonds is 6. The van der Waals surface area contributed by atoms with Gasteiger partial charge in [-0.25, -0.2) is 4.79 Å². The van der Waals surface area contributed by atoms with Gasteiger partial charge in [-0.05, 0) is 75.9 Å². The Bertz CT molecular complexity index is 726. The van der Waals surface area contributed by atoms with Crippen LogP contribution < -0.4 is 10.6 Å². The van der Waals surface area contributed by atoms with Gasteiger partial charge in [-0.2, -0.15) is 0 Å². The minimum atomic E-state index is -0.614. The van der Waals surface area contributed by atoms with Gasteiger partial charge in [-0.1, -0.05) is 18.6 Å². The smallest absolute Gasteiger partial charge is 0.325 e. The fraction of sp³-hybridized carbons (Fsp3) is 0.571. The number of primary amides is 1. The summed E-state index contributed by atoms with van der Waals surface area (Å²) >= 11 is 0. The summed E-state index contributed by atoms with van der Waals surface area (Å²) in [6, 6.07) is 7.33. The third kappa shape index (κ3) is 3.00. The van der Waals surface area contributed by atoms with Crippen LogP contribution in [0.2, 0.25) is 0 Å². The first-order valence-corrected chi connectivity index (χ1v) is 9.91. The van der Waals surface area contributed by atoms with Crippen LogP contribution in [0.5, 0.6) is 0 Å². The number of nitrogens with zero attached hydrogens (tertiary/aromatic N) is 3. The lowest BCUT2D eigenvalue weighted by atomic mass is 9.62. The number of amides is 3. The Labute approximate surface area is 161 Å². The fourth-order valence-electron chi connectivity index (χ4n) is 4.86. The first-order valence-electron chi connectivity index (χ1n) is 9.91. The number of carbonyl (C=O) groups excluding carboxylic acids is 2. The molecule has 1 unspecified atom stereocenters. The van der Waals surface area contributed by atoms with E-state index in [1.165, 1.54) is 24.8 Å². The van der Waals surface area contributed by atoms with Gasteiger partial charge in [-0.3, -0.25) is 9.69 Å². The second-order valence-electron chi connectivity index (χ2n) is 8.44. The molecule has 2 heterocycles. The largest absolute Gasteiger partial charge is 0.368 e. The normalized spacial score (nSPS) is 26.4. The number of fused-ring (bicyclic) bond motifs is 1. The van der Waals surface area contributed by atoms with Gasteiger partial charge in [0.25, 0.3) is 0 Å². The number of hydrogen-bond donors (Lipinski definition) is 1. The molecule has 0 bridgehead atoms. The molecule has 4 rings (SSSR count). The van der Waals surface area contributed by atoms with Crippen molar-refractivity contribution in [2.75, 3.05) is 32.1 Å². The summed E-state index contributed by atoms with van der Waals surface area (Å²) in [6.07, 6.45) is 7.72. The van der Waals surface area contributed by atoms with Crippen molar-refractivity contribution < 1.29 is 9.59 Å².